The third kappa shape index (κ3) is 2.64. The summed E-state index contributed by atoms with van der Waals surface area (Å²) in [6.07, 6.45) is 0. The van der Waals surface area contributed by atoms with Gasteiger partial charge in [0, 0.05) is 14.1 Å². The number of hydrogen-bond donors (Lipinski definition) is 2. The first-order chi connectivity index (χ1) is 10.3. The van der Waals surface area contributed by atoms with Gasteiger partial charge in [0.2, 0.25) is 11.6 Å². The van der Waals surface area contributed by atoms with Crippen LogP contribution in [-0.2, 0) is 14.1 Å². The molecule has 9 nitrogen and oxygen atoms in total. The van der Waals surface area contributed by atoms with Crippen molar-refractivity contribution in [3.8, 4) is 5.88 Å². The summed E-state index contributed by atoms with van der Waals surface area (Å²) in [5, 5.41) is 26.0. The van der Waals surface area contributed by atoms with Crippen molar-refractivity contribution in [1.29, 1.82) is 0 Å². The molecule has 0 aliphatic carbocycles. The minimum Gasteiger partial charge on any atom is -0.493 e. The molecule has 0 aliphatic heterocycles. The number of rotatable bonds is 3. The van der Waals surface area contributed by atoms with E-state index in [0.717, 1.165) is 9.13 Å². The Kier molecular flexibility index (Phi) is 3.89. The van der Waals surface area contributed by atoms with Gasteiger partial charge in [-0.3, -0.25) is 13.9 Å². The van der Waals surface area contributed by atoms with Gasteiger partial charge in [0.05, 0.1) is 11.3 Å². The number of carbonyl (C=O) groups is 1. The lowest BCUT2D eigenvalue weighted by Gasteiger charge is -2.06. The molecule has 2 aromatic rings. The summed E-state index contributed by atoms with van der Waals surface area (Å²) in [5.74, 6) is -1.75. The van der Waals surface area contributed by atoms with Gasteiger partial charge in [0.15, 0.2) is 0 Å². The van der Waals surface area contributed by atoms with Gasteiger partial charge in [-0.25, -0.2) is 9.59 Å². The van der Waals surface area contributed by atoms with E-state index < -0.39 is 28.8 Å². The number of aromatic nitrogens is 2. The number of hydrogen-bond acceptors (Lipinski definition) is 6. The van der Waals surface area contributed by atoms with Gasteiger partial charge in [-0.05, 0) is 18.2 Å². The zero-order valence-corrected chi connectivity index (χ0v) is 11.7. The van der Waals surface area contributed by atoms with Crippen molar-refractivity contribution in [3.05, 3.63) is 50.7 Å². The zero-order valence-electron chi connectivity index (χ0n) is 11.7. The molecule has 0 atom stereocenters. The molecular formula is C13H12N4O5. The molecule has 0 saturated carbocycles. The Morgan fingerprint density at radius 3 is 2.45 bits per heavy atom. The highest BCUT2D eigenvalue weighted by molar-refractivity contribution is 5.88. The Bertz CT molecular complexity index is 894. The van der Waals surface area contributed by atoms with E-state index in [4.69, 9.17) is 5.11 Å². The fourth-order valence-electron chi connectivity index (χ4n) is 1.71. The molecule has 0 bridgehead atoms. The van der Waals surface area contributed by atoms with Crippen molar-refractivity contribution in [1.82, 2.24) is 9.13 Å². The van der Waals surface area contributed by atoms with Crippen molar-refractivity contribution < 1.29 is 15.0 Å². The normalized spacial score (nSPS) is 11.0. The summed E-state index contributed by atoms with van der Waals surface area (Å²) in [6, 6.07) is 5.59. The van der Waals surface area contributed by atoms with E-state index in [9.17, 15) is 19.5 Å². The highest BCUT2D eigenvalue weighted by atomic mass is 16.4. The molecule has 0 fully saturated rings. The quantitative estimate of drug-likeness (QED) is 0.815. The van der Waals surface area contributed by atoms with Crippen LogP contribution in [0.2, 0.25) is 0 Å². The molecule has 0 aliphatic rings. The van der Waals surface area contributed by atoms with Crippen molar-refractivity contribution in [2.45, 2.75) is 0 Å². The van der Waals surface area contributed by atoms with E-state index in [1.54, 1.807) is 0 Å². The number of carboxylic acid groups (broad SMARTS) is 1. The molecular weight excluding hydrogens is 292 g/mol. The first kappa shape index (κ1) is 15.2. The minimum absolute atomic E-state index is 0.00837. The van der Waals surface area contributed by atoms with E-state index in [-0.39, 0.29) is 11.3 Å². The Morgan fingerprint density at radius 2 is 1.82 bits per heavy atom. The summed E-state index contributed by atoms with van der Waals surface area (Å²) in [4.78, 5) is 34.3. The average Bonchev–Trinajstić information content (AvgIpc) is 2.51. The number of benzene rings is 1. The standard InChI is InChI=1S/C13H12N4O5/c1-16-10(18)9(11(19)17(2)13(16)22)15-14-8-5-3-4-7(6-8)12(20)21/h3-6,18H,1-2H3,(H,20,21). The molecule has 1 aromatic carbocycles. The molecule has 0 spiro atoms. The van der Waals surface area contributed by atoms with Crippen LogP contribution in [-0.4, -0.2) is 25.3 Å². The van der Waals surface area contributed by atoms with Crippen molar-refractivity contribution in [2.75, 3.05) is 0 Å². The summed E-state index contributed by atoms with van der Waals surface area (Å²) in [5.41, 5.74) is -1.72. The average molecular weight is 304 g/mol. The summed E-state index contributed by atoms with van der Waals surface area (Å²) in [6.45, 7) is 0. The maximum atomic E-state index is 11.9. The molecule has 1 heterocycles. The fraction of sp³-hybridized carbons (Fsp3) is 0.154. The van der Waals surface area contributed by atoms with Crippen molar-refractivity contribution in [2.24, 2.45) is 24.3 Å². The Balaban J connectivity index is 2.52. The van der Waals surface area contributed by atoms with Crippen LogP contribution in [0.5, 0.6) is 5.88 Å². The fourth-order valence-corrected chi connectivity index (χ4v) is 1.71. The van der Waals surface area contributed by atoms with Crippen molar-refractivity contribution in [3.63, 3.8) is 0 Å². The van der Waals surface area contributed by atoms with Gasteiger partial charge in [0.1, 0.15) is 0 Å². The lowest BCUT2D eigenvalue weighted by Crippen LogP contribution is -2.36. The van der Waals surface area contributed by atoms with Gasteiger partial charge in [-0.15, -0.1) is 5.11 Å². The molecule has 2 N–H and O–H groups in total. The first-order valence-electron chi connectivity index (χ1n) is 6.07. The van der Waals surface area contributed by atoms with Gasteiger partial charge in [-0.1, -0.05) is 6.07 Å². The maximum absolute atomic E-state index is 11.9. The zero-order chi connectivity index (χ0) is 16.4. The number of aromatic carboxylic acids is 1. The topological polar surface area (TPSA) is 126 Å². The molecule has 9 heteroatoms. The lowest BCUT2D eigenvalue weighted by atomic mass is 10.2. The van der Waals surface area contributed by atoms with Gasteiger partial charge in [-0.2, -0.15) is 5.11 Å². The van der Waals surface area contributed by atoms with Crippen LogP contribution in [0.15, 0.2) is 44.1 Å². The van der Waals surface area contributed by atoms with Crippen LogP contribution in [0.1, 0.15) is 10.4 Å². The van der Waals surface area contributed by atoms with Crippen LogP contribution in [0.25, 0.3) is 0 Å². The van der Waals surface area contributed by atoms with Gasteiger partial charge >= 0.3 is 11.7 Å². The molecule has 1 aromatic heterocycles. The van der Waals surface area contributed by atoms with Gasteiger partial charge in [0.25, 0.3) is 5.56 Å². The smallest absolute Gasteiger partial charge is 0.335 e. The molecule has 114 valence electrons. The SMILES string of the molecule is Cn1c(O)c(N=Nc2cccc(C(=O)O)c2)c(=O)n(C)c1=O. The number of azo groups is 1. The van der Waals surface area contributed by atoms with E-state index in [2.05, 4.69) is 10.2 Å². The predicted octanol–water partition coefficient (Wildman–Crippen LogP) is 0.903. The number of aromatic hydroxyl groups is 1. The summed E-state index contributed by atoms with van der Waals surface area (Å²) < 4.78 is 1.63. The molecule has 0 amide bonds. The van der Waals surface area contributed by atoms with Gasteiger partial charge < -0.3 is 10.2 Å². The van der Waals surface area contributed by atoms with E-state index in [1.165, 1.54) is 38.4 Å². The third-order valence-corrected chi connectivity index (χ3v) is 2.97. The molecule has 0 saturated heterocycles. The van der Waals surface area contributed by atoms with Crippen LogP contribution < -0.4 is 11.2 Å². The second kappa shape index (κ2) is 5.64. The predicted molar refractivity (Wildman–Crippen MR) is 76.2 cm³/mol. The Labute approximate surface area is 123 Å². The summed E-state index contributed by atoms with van der Waals surface area (Å²) in [7, 11) is 2.52. The van der Waals surface area contributed by atoms with E-state index in [0.29, 0.717) is 0 Å². The monoisotopic (exact) mass is 304 g/mol. The Morgan fingerprint density at radius 1 is 1.14 bits per heavy atom. The third-order valence-electron chi connectivity index (χ3n) is 2.97. The second-order valence-corrected chi connectivity index (χ2v) is 4.43. The first-order valence-corrected chi connectivity index (χ1v) is 6.07. The highest BCUT2D eigenvalue weighted by Crippen LogP contribution is 2.22. The van der Waals surface area contributed by atoms with Crippen LogP contribution in [0.3, 0.4) is 0 Å². The number of nitrogens with zero attached hydrogens (tertiary/aromatic N) is 4. The lowest BCUT2D eigenvalue weighted by molar-refractivity contribution is 0.0697. The molecule has 22 heavy (non-hydrogen) atoms. The molecule has 2 rings (SSSR count). The van der Waals surface area contributed by atoms with Crippen LogP contribution in [0, 0.1) is 0 Å². The van der Waals surface area contributed by atoms with E-state index in [1.807, 2.05) is 0 Å². The second-order valence-electron chi connectivity index (χ2n) is 4.43. The molecule has 0 unspecified atom stereocenters. The Hall–Kier alpha value is -3.23. The number of carboxylic acids is 1. The van der Waals surface area contributed by atoms with Crippen LogP contribution >= 0.6 is 0 Å². The van der Waals surface area contributed by atoms with E-state index >= 15 is 0 Å². The molecule has 0 radical (unpaired) electrons. The van der Waals surface area contributed by atoms with Crippen molar-refractivity contribution >= 4 is 17.3 Å². The highest BCUT2D eigenvalue weighted by Gasteiger charge is 2.14. The largest absolute Gasteiger partial charge is 0.493 e. The summed E-state index contributed by atoms with van der Waals surface area (Å²) >= 11 is 0. The maximum Gasteiger partial charge on any atom is 0.335 e. The minimum atomic E-state index is -1.13. The van der Waals surface area contributed by atoms with Crippen LogP contribution in [0.4, 0.5) is 11.4 Å².